The highest BCUT2D eigenvalue weighted by Gasteiger charge is 2.63. The van der Waals surface area contributed by atoms with E-state index in [-0.39, 0.29) is 72.9 Å². The van der Waals surface area contributed by atoms with Crippen LogP contribution in [0.15, 0.2) is 18.2 Å². The normalized spacial score (nSPS) is 27.4. The fraction of sp³-hybridized carbons (Fsp3) is 0.698. The Bertz CT molecular complexity index is 2040. The molecule has 4 aliphatic rings. The van der Waals surface area contributed by atoms with Crippen LogP contribution in [0.5, 0.6) is 0 Å². The van der Waals surface area contributed by atoms with Crippen molar-refractivity contribution in [1.82, 2.24) is 35.6 Å². The van der Waals surface area contributed by atoms with E-state index in [1.54, 1.807) is 13.8 Å². The third kappa shape index (κ3) is 12.6. The van der Waals surface area contributed by atoms with Crippen LogP contribution in [0, 0.1) is 11.8 Å². The Morgan fingerprint density at radius 2 is 1.61 bits per heavy atom. The molecule has 3 N–H and O–H groups in total. The quantitative estimate of drug-likeness (QED) is 0.259. The van der Waals surface area contributed by atoms with Gasteiger partial charge in [-0.3, -0.25) is 38.3 Å². The molecule has 3 saturated heterocycles. The maximum atomic E-state index is 15.1. The number of carbonyl (C=O) groups excluding carboxylic acids is 7. The summed E-state index contributed by atoms with van der Waals surface area (Å²) in [5, 5.41) is 8.35. The summed E-state index contributed by atoms with van der Waals surface area (Å²) in [7, 11) is 2.57. The van der Waals surface area contributed by atoms with Gasteiger partial charge in [-0.15, -0.1) is 0 Å². The van der Waals surface area contributed by atoms with Gasteiger partial charge in [0.1, 0.15) is 48.6 Å². The molecule has 1 saturated carbocycles. The molecular weight excluding hydrogens is 946 g/mol. The van der Waals surface area contributed by atoms with Gasteiger partial charge in [0.2, 0.25) is 41.0 Å². The Kier molecular flexibility index (Phi) is 17.5. The molecule has 9 atom stereocenters. The Balaban J connectivity index is 1.44. The summed E-state index contributed by atoms with van der Waals surface area (Å²) in [6, 6.07) is -4.19. The molecule has 374 valence electrons. The molecule has 24 heteroatoms. The average Bonchev–Trinajstić information content (AvgIpc) is 3.90. The first-order chi connectivity index (χ1) is 31.2. The summed E-state index contributed by atoms with van der Waals surface area (Å²) < 4.78 is 102. The molecule has 1 aliphatic carbocycles. The zero-order valence-corrected chi connectivity index (χ0v) is 39.0. The number of nitrogens with one attached hydrogen (secondary N) is 3. The van der Waals surface area contributed by atoms with Gasteiger partial charge in [0.05, 0.1) is 13.1 Å². The van der Waals surface area contributed by atoms with Crippen LogP contribution in [0.3, 0.4) is 0 Å². The van der Waals surface area contributed by atoms with Crippen LogP contribution in [0.4, 0.5) is 30.7 Å². The fourth-order valence-electron chi connectivity index (χ4n) is 8.80. The summed E-state index contributed by atoms with van der Waals surface area (Å²) in [5.74, 6) is -8.03. The third-order valence-electron chi connectivity index (χ3n) is 12.7. The van der Waals surface area contributed by atoms with E-state index >= 15 is 4.39 Å². The van der Waals surface area contributed by atoms with Crippen LogP contribution in [0.1, 0.15) is 77.7 Å². The van der Waals surface area contributed by atoms with Crippen LogP contribution in [-0.2, 0) is 44.7 Å². The fourth-order valence-corrected chi connectivity index (χ4v) is 9.19. The van der Waals surface area contributed by atoms with Crippen molar-refractivity contribution in [2.45, 2.75) is 146 Å². The molecule has 7 amide bonds. The van der Waals surface area contributed by atoms with Gasteiger partial charge >= 0.3 is 12.8 Å². The first kappa shape index (κ1) is 53.5. The second-order valence-electron chi connectivity index (χ2n) is 18.2. The second-order valence-corrected chi connectivity index (χ2v) is 19.1. The maximum absolute atomic E-state index is 15.1. The van der Waals surface area contributed by atoms with Crippen LogP contribution < -0.4 is 16.0 Å². The number of halogens is 9. The Morgan fingerprint density at radius 3 is 2.22 bits per heavy atom. The van der Waals surface area contributed by atoms with Gasteiger partial charge in [0.15, 0.2) is 0 Å². The standard InChI is InChI=1S/C43H56Cl2F7N7O8/c1-21(2)14-28-37(63)57(5)32(16-23-15-24(44)11-12-27(23)45)38(64)58-19-25(46)17-30(58)34(60)53-13-7-6-8-29(35(61)54-28)56(4)39(65)33(22-9-10-22)55-36(62)31-18-26(47)20-59(31)40(66)42(3,43(50,51)52)67-41(48)49/h11-12,15,21-22,25-26,28-33,41H,6-10,13-14,16-20H2,1-5H3,(H,53,60)(H,54,61)(H,55,62)/t25-,26-,28+,29+,30-,31+,32+,33+,42-/m1/s1. The number of hydrogen-bond acceptors (Lipinski definition) is 8. The van der Waals surface area contributed by atoms with Crippen molar-refractivity contribution >= 4 is 64.6 Å². The number of hydrogen-bond donors (Lipinski definition) is 3. The number of rotatable bonds is 12. The average molecular weight is 1000 g/mol. The lowest BCUT2D eigenvalue weighted by Crippen LogP contribution is -2.62. The molecule has 1 aromatic carbocycles. The van der Waals surface area contributed by atoms with Gasteiger partial charge in [0, 0.05) is 49.9 Å². The number of nitrogens with zero attached hydrogens (tertiary/aromatic N) is 4. The third-order valence-corrected chi connectivity index (χ3v) is 13.3. The summed E-state index contributed by atoms with van der Waals surface area (Å²) in [5.41, 5.74) is -3.80. The van der Waals surface area contributed by atoms with Crippen LogP contribution in [0.25, 0.3) is 0 Å². The van der Waals surface area contributed by atoms with Crippen molar-refractivity contribution in [1.29, 1.82) is 0 Å². The molecule has 0 unspecified atom stereocenters. The highest BCUT2D eigenvalue weighted by Crippen LogP contribution is 2.39. The number of likely N-dealkylation sites (N-methyl/N-ethyl adjacent to an activating group) is 2. The number of fused-ring (bicyclic) bond motifs is 1. The number of benzene rings is 1. The van der Waals surface area contributed by atoms with E-state index in [1.165, 1.54) is 32.3 Å². The monoisotopic (exact) mass is 1000 g/mol. The first-order valence-corrected chi connectivity index (χ1v) is 22.8. The van der Waals surface area contributed by atoms with Gasteiger partial charge in [-0.1, -0.05) is 37.0 Å². The zero-order valence-electron chi connectivity index (χ0n) is 37.5. The van der Waals surface area contributed by atoms with Crippen molar-refractivity contribution in [3.05, 3.63) is 33.8 Å². The van der Waals surface area contributed by atoms with Crippen molar-refractivity contribution in [3.8, 4) is 0 Å². The number of carbonyl (C=O) groups is 7. The van der Waals surface area contributed by atoms with E-state index in [4.69, 9.17) is 23.2 Å². The number of likely N-dealkylation sites (tertiary alicyclic amines) is 1. The lowest BCUT2D eigenvalue weighted by molar-refractivity contribution is -0.310. The van der Waals surface area contributed by atoms with E-state index in [0.717, 1.165) is 14.7 Å². The van der Waals surface area contributed by atoms with E-state index in [9.17, 15) is 59.9 Å². The van der Waals surface area contributed by atoms with E-state index in [1.807, 2.05) is 0 Å². The molecule has 0 bridgehead atoms. The first-order valence-electron chi connectivity index (χ1n) is 22.0. The molecule has 5 rings (SSSR count). The smallest absolute Gasteiger partial charge is 0.354 e. The largest absolute Gasteiger partial charge is 0.426 e. The van der Waals surface area contributed by atoms with Gasteiger partial charge in [-0.25, -0.2) is 8.78 Å². The molecule has 3 aliphatic heterocycles. The Labute approximate surface area is 393 Å². The SMILES string of the molecule is CC(C)C[C@@H]1NC(=O)[C@@H](N(C)C(=O)[C@@H](NC(=O)[C@@H]2C[C@@H](F)CN2C(=O)[C@@](C)(OC(F)F)C(F)(F)F)C2CC2)CCCCNC(=O)[C@H]2C[C@@H](F)CN2C(=O)[C@H](Cc2cc(Cl)ccc2Cl)N(C)C1=O. The second kappa shape index (κ2) is 21.9. The minimum absolute atomic E-state index is 0.0128. The number of amides is 7. The van der Waals surface area contributed by atoms with E-state index in [0.29, 0.717) is 18.4 Å². The number of alkyl halides is 7. The van der Waals surface area contributed by atoms with Gasteiger partial charge in [-0.2, -0.15) is 22.0 Å². The molecule has 3 heterocycles. The summed E-state index contributed by atoms with van der Waals surface area (Å²) in [6.07, 6.45) is -9.57. The lowest BCUT2D eigenvalue weighted by atomic mass is 9.98. The van der Waals surface area contributed by atoms with Crippen LogP contribution in [0.2, 0.25) is 10.0 Å². The van der Waals surface area contributed by atoms with E-state index < -0.39 is 134 Å². The molecule has 0 spiro atoms. The van der Waals surface area contributed by atoms with E-state index in [2.05, 4.69) is 20.7 Å². The van der Waals surface area contributed by atoms with Gasteiger partial charge < -0.3 is 35.6 Å². The minimum atomic E-state index is -5.71. The molecule has 0 radical (unpaired) electrons. The molecule has 67 heavy (non-hydrogen) atoms. The molecule has 4 fully saturated rings. The molecule has 0 aromatic heterocycles. The zero-order chi connectivity index (χ0) is 49.9. The Morgan fingerprint density at radius 1 is 0.955 bits per heavy atom. The molecule has 15 nitrogen and oxygen atoms in total. The summed E-state index contributed by atoms with van der Waals surface area (Å²) >= 11 is 12.8. The van der Waals surface area contributed by atoms with Gasteiger partial charge in [-0.05, 0) is 81.0 Å². The number of ether oxygens (including phenoxy) is 1. The minimum Gasteiger partial charge on any atom is -0.354 e. The maximum Gasteiger partial charge on any atom is 0.426 e. The topological polar surface area (TPSA) is 178 Å². The Hall–Kier alpha value is -4.44. The summed E-state index contributed by atoms with van der Waals surface area (Å²) in [4.78, 5) is 102. The molecule has 1 aromatic rings. The highest BCUT2D eigenvalue weighted by molar-refractivity contribution is 6.33. The summed E-state index contributed by atoms with van der Waals surface area (Å²) in [6.45, 7) is -1.96. The highest BCUT2D eigenvalue weighted by atomic mass is 35.5. The van der Waals surface area contributed by atoms with Crippen LogP contribution in [-0.4, -0.2) is 162 Å². The van der Waals surface area contributed by atoms with Crippen molar-refractivity contribution in [3.63, 3.8) is 0 Å². The molecular formula is C43H56Cl2F7N7O8. The predicted molar refractivity (Wildman–Crippen MR) is 228 cm³/mol. The van der Waals surface area contributed by atoms with Crippen molar-refractivity contribution in [2.24, 2.45) is 11.8 Å². The van der Waals surface area contributed by atoms with Crippen molar-refractivity contribution < 1.29 is 69.0 Å². The predicted octanol–water partition coefficient (Wildman–Crippen LogP) is 4.35. The lowest BCUT2D eigenvalue weighted by Gasteiger charge is -2.37. The van der Waals surface area contributed by atoms with Gasteiger partial charge in [0.25, 0.3) is 5.91 Å². The van der Waals surface area contributed by atoms with Crippen molar-refractivity contribution in [2.75, 3.05) is 33.7 Å². The van der Waals surface area contributed by atoms with Crippen LogP contribution >= 0.6 is 23.2 Å².